The van der Waals surface area contributed by atoms with Crippen molar-refractivity contribution in [3.63, 3.8) is 0 Å². The number of methoxy groups -OCH3 is 1. The summed E-state index contributed by atoms with van der Waals surface area (Å²) in [5.74, 6) is -1.56. The number of barbiturate groups is 1. The molecule has 0 unspecified atom stereocenters. The van der Waals surface area contributed by atoms with Crippen LogP contribution in [0, 0.1) is 0 Å². The van der Waals surface area contributed by atoms with Crippen molar-refractivity contribution in [2.75, 3.05) is 12.0 Å². The first kappa shape index (κ1) is 18.9. The molecule has 138 valence electrons. The molecule has 0 aliphatic carbocycles. The molecule has 1 heterocycles. The van der Waals surface area contributed by atoms with Gasteiger partial charge in [-0.2, -0.15) is 0 Å². The van der Waals surface area contributed by atoms with Crippen LogP contribution in [0.5, 0.6) is 11.5 Å². The quantitative estimate of drug-likeness (QED) is 0.550. The van der Waals surface area contributed by atoms with Gasteiger partial charge in [-0.05, 0) is 64.0 Å². The number of urea groups is 1. The minimum absolute atomic E-state index is 0.114. The van der Waals surface area contributed by atoms with E-state index in [1.54, 1.807) is 0 Å². The van der Waals surface area contributed by atoms with Crippen molar-refractivity contribution in [3.05, 3.63) is 57.0 Å². The van der Waals surface area contributed by atoms with E-state index in [0.29, 0.717) is 15.1 Å². The monoisotopic (exact) mass is 450 g/mol. The molecule has 2 aromatic rings. The van der Waals surface area contributed by atoms with Crippen molar-refractivity contribution in [2.45, 2.75) is 0 Å². The average Bonchev–Trinajstić information content (AvgIpc) is 2.62. The summed E-state index contributed by atoms with van der Waals surface area (Å²) in [6.45, 7) is 0. The summed E-state index contributed by atoms with van der Waals surface area (Å²) in [6, 6.07) is 8.15. The molecule has 0 spiro atoms. The normalized spacial score (nSPS) is 15.9. The average molecular weight is 452 g/mol. The molecule has 1 aliphatic heterocycles. The van der Waals surface area contributed by atoms with Crippen LogP contribution in [0.3, 0.4) is 0 Å². The Kier molecular flexibility index (Phi) is 5.20. The number of hydrogen-bond acceptors (Lipinski definition) is 5. The van der Waals surface area contributed by atoms with Crippen molar-refractivity contribution in [3.8, 4) is 11.5 Å². The Balaban J connectivity index is 2.04. The molecule has 0 atom stereocenters. The van der Waals surface area contributed by atoms with Gasteiger partial charge in [-0.3, -0.25) is 14.9 Å². The molecule has 2 aromatic carbocycles. The van der Waals surface area contributed by atoms with E-state index in [9.17, 15) is 19.5 Å². The molecule has 9 heteroatoms. The number of phenolic OH excluding ortho intramolecular Hbond substituents is 1. The first-order chi connectivity index (χ1) is 12.8. The summed E-state index contributed by atoms with van der Waals surface area (Å²) >= 11 is 9.01. The third kappa shape index (κ3) is 3.67. The fourth-order valence-corrected chi connectivity index (χ4v) is 3.07. The Bertz CT molecular complexity index is 988. The molecule has 27 heavy (non-hydrogen) atoms. The van der Waals surface area contributed by atoms with Gasteiger partial charge in [0.15, 0.2) is 11.5 Å². The molecule has 1 aliphatic rings. The zero-order chi connectivity index (χ0) is 19.7. The number of benzene rings is 2. The number of rotatable bonds is 3. The Morgan fingerprint density at radius 1 is 1.19 bits per heavy atom. The highest BCUT2D eigenvalue weighted by atomic mass is 79.9. The lowest BCUT2D eigenvalue weighted by Crippen LogP contribution is -2.54. The minimum Gasteiger partial charge on any atom is -0.503 e. The number of phenols is 1. The van der Waals surface area contributed by atoms with Gasteiger partial charge in [0.25, 0.3) is 11.8 Å². The summed E-state index contributed by atoms with van der Waals surface area (Å²) < 4.78 is 5.38. The Morgan fingerprint density at radius 3 is 2.48 bits per heavy atom. The molecule has 7 nitrogen and oxygen atoms in total. The maximum Gasteiger partial charge on any atom is 0.335 e. The number of nitrogens with zero attached hydrogens (tertiary/aromatic N) is 1. The van der Waals surface area contributed by atoms with Gasteiger partial charge in [-0.1, -0.05) is 11.6 Å². The van der Waals surface area contributed by atoms with Gasteiger partial charge in [0.1, 0.15) is 5.57 Å². The van der Waals surface area contributed by atoms with E-state index < -0.39 is 17.8 Å². The second-order valence-electron chi connectivity index (χ2n) is 5.49. The number of hydrogen-bond donors (Lipinski definition) is 2. The number of amides is 4. The summed E-state index contributed by atoms with van der Waals surface area (Å²) in [7, 11) is 1.37. The summed E-state index contributed by atoms with van der Waals surface area (Å²) in [6.07, 6.45) is 1.31. The van der Waals surface area contributed by atoms with Crippen LogP contribution in [-0.4, -0.2) is 30.1 Å². The van der Waals surface area contributed by atoms with Crippen molar-refractivity contribution in [1.29, 1.82) is 0 Å². The number of anilines is 1. The van der Waals surface area contributed by atoms with E-state index >= 15 is 0 Å². The van der Waals surface area contributed by atoms with Crippen LogP contribution in [0.25, 0.3) is 6.08 Å². The van der Waals surface area contributed by atoms with Crippen LogP contribution >= 0.6 is 27.5 Å². The third-order valence-electron chi connectivity index (χ3n) is 3.77. The maximum atomic E-state index is 12.8. The van der Waals surface area contributed by atoms with Crippen molar-refractivity contribution >= 4 is 57.1 Å². The molecule has 1 saturated heterocycles. The van der Waals surface area contributed by atoms with Crippen LogP contribution < -0.4 is 15.0 Å². The number of nitrogens with one attached hydrogen (secondary N) is 1. The van der Waals surface area contributed by atoms with E-state index in [0.717, 1.165) is 4.90 Å². The molecule has 3 rings (SSSR count). The zero-order valence-corrected chi connectivity index (χ0v) is 16.2. The second-order valence-corrected chi connectivity index (χ2v) is 6.78. The summed E-state index contributed by atoms with van der Waals surface area (Å²) in [5.41, 5.74) is 0.439. The summed E-state index contributed by atoms with van der Waals surface area (Å²) in [5, 5.41) is 12.4. The SMILES string of the molecule is COc1cc(C=C2C(=O)NC(=O)N(c3ccc(Cl)cc3)C2=O)cc(Br)c1O. The molecule has 1 fully saturated rings. The van der Waals surface area contributed by atoms with Crippen molar-refractivity contribution in [1.82, 2.24) is 5.32 Å². The van der Waals surface area contributed by atoms with E-state index in [4.69, 9.17) is 16.3 Å². The highest BCUT2D eigenvalue weighted by Crippen LogP contribution is 2.36. The maximum absolute atomic E-state index is 12.8. The second kappa shape index (κ2) is 7.42. The lowest BCUT2D eigenvalue weighted by molar-refractivity contribution is -0.122. The molecular weight excluding hydrogens is 440 g/mol. The molecule has 4 amide bonds. The number of carbonyl (C=O) groups excluding carboxylic acids is 3. The molecule has 0 aromatic heterocycles. The van der Waals surface area contributed by atoms with Crippen LogP contribution in [0.1, 0.15) is 5.56 Å². The fourth-order valence-electron chi connectivity index (χ4n) is 2.48. The molecule has 0 saturated carbocycles. The first-order valence-electron chi connectivity index (χ1n) is 7.55. The number of halogens is 2. The van der Waals surface area contributed by atoms with E-state index in [2.05, 4.69) is 21.2 Å². The summed E-state index contributed by atoms with van der Waals surface area (Å²) in [4.78, 5) is 38.0. The van der Waals surface area contributed by atoms with E-state index in [1.165, 1.54) is 49.6 Å². The smallest absolute Gasteiger partial charge is 0.335 e. The van der Waals surface area contributed by atoms with Gasteiger partial charge >= 0.3 is 6.03 Å². The lowest BCUT2D eigenvalue weighted by Gasteiger charge is -2.26. The van der Waals surface area contributed by atoms with Gasteiger partial charge < -0.3 is 9.84 Å². The number of ether oxygens (including phenoxy) is 1. The van der Waals surface area contributed by atoms with Gasteiger partial charge in [0.2, 0.25) is 0 Å². The van der Waals surface area contributed by atoms with Crippen LogP contribution in [0.15, 0.2) is 46.4 Å². The Labute approximate surface area is 167 Å². The van der Waals surface area contributed by atoms with E-state index in [1.807, 2.05) is 0 Å². The number of aromatic hydroxyl groups is 1. The van der Waals surface area contributed by atoms with Crippen LogP contribution in [0.2, 0.25) is 5.02 Å². The van der Waals surface area contributed by atoms with Crippen molar-refractivity contribution in [2.24, 2.45) is 0 Å². The topological polar surface area (TPSA) is 95.9 Å². The fraction of sp³-hybridized carbons (Fsp3) is 0.0556. The van der Waals surface area contributed by atoms with Gasteiger partial charge in [-0.15, -0.1) is 0 Å². The Hall–Kier alpha value is -2.84. The zero-order valence-electron chi connectivity index (χ0n) is 13.8. The predicted octanol–water partition coefficient (Wildman–Crippen LogP) is 3.48. The first-order valence-corrected chi connectivity index (χ1v) is 8.72. The highest BCUT2D eigenvalue weighted by molar-refractivity contribution is 9.10. The molecule has 2 N–H and O–H groups in total. The van der Waals surface area contributed by atoms with Crippen molar-refractivity contribution < 1.29 is 24.2 Å². The van der Waals surface area contributed by atoms with Crippen LogP contribution in [-0.2, 0) is 9.59 Å². The number of carbonyl (C=O) groups is 3. The molecule has 0 bridgehead atoms. The molecular formula is C18H12BrClN2O5. The largest absolute Gasteiger partial charge is 0.503 e. The highest BCUT2D eigenvalue weighted by Gasteiger charge is 2.36. The van der Waals surface area contributed by atoms with Gasteiger partial charge in [0.05, 0.1) is 17.3 Å². The van der Waals surface area contributed by atoms with Crippen LogP contribution in [0.4, 0.5) is 10.5 Å². The standard InChI is InChI=1S/C18H12BrClN2O5/c1-27-14-8-9(7-13(19)15(14)23)6-12-16(24)21-18(26)22(17(12)25)11-4-2-10(20)3-5-11/h2-8,23H,1H3,(H,21,24,26). The molecule has 0 radical (unpaired) electrons. The Morgan fingerprint density at radius 2 is 1.85 bits per heavy atom. The lowest BCUT2D eigenvalue weighted by atomic mass is 10.1. The van der Waals surface area contributed by atoms with Gasteiger partial charge in [-0.25, -0.2) is 9.69 Å². The predicted molar refractivity (Wildman–Crippen MR) is 103 cm³/mol. The van der Waals surface area contributed by atoms with Gasteiger partial charge in [0, 0.05) is 5.02 Å². The third-order valence-corrected chi connectivity index (χ3v) is 4.62. The minimum atomic E-state index is -0.853. The van der Waals surface area contributed by atoms with E-state index in [-0.39, 0.29) is 22.8 Å². The number of imide groups is 2.